The first-order chi connectivity index (χ1) is 9.54. The zero-order valence-corrected chi connectivity index (χ0v) is 13.0. The molecule has 3 heteroatoms. The molecule has 1 aliphatic rings. The molecular formula is C17H28O3. The van der Waals surface area contributed by atoms with Gasteiger partial charge in [0.05, 0.1) is 6.10 Å². The highest BCUT2D eigenvalue weighted by Gasteiger charge is 2.21. The van der Waals surface area contributed by atoms with Crippen molar-refractivity contribution in [3.63, 3.8) is 0 Å². The number of carbonyl (C=O) groups excluding carboxylic acids is 1. The molecule has 0 bridgehead atoms. The molecule has 1 N–H and O–H groups in total. The summed E-state index contributed by atoms with van der Waals surface area (Å²) in [6.07, 6.45) is 10.2. The minimum atomic E-state index is -0.551. The molecule has 0 aromatic heterocycles. The second kappa shape index (κ2) is 9.09. The van der Waals surface area contributed by atoms with E-state index < -0.39 is 6.10 Å². The van der Waals surface area contributed by atoms with Crippen LogP contribution >= 0.6 is 0 Å². The zero-order chi connectivity index (χ0) is 15.0. The monoisotopic (exact) mass is 280 g/mol. The Morgan fingerprint density at radius 1 is 1.25 bits per heavy atom. The van der Waals surface area contributed by atoms with E-state index in [0.29, 0.717) is 18.6 Å². The normalized spacial score (nSPS) is 30.7. The second-order valence-electron chi connectivity index (χ2n) is 5.78. The fourth-order valence-electron chi connectivity index (χ4n) is 2.54. The maximum atomic E-state index is 11.7. The highest BCUT2D eigenvalue weighted by atomic mass is 16.5. The number of methoxy groups -OCH3 is 1. The summed E-state index contributed by atoms with van der Waals surface area (Å²) in [5, 5.41) is 10.3. The van der Waals surface area contributed by atoms with Crippen molar-refractivity contribution in [1.29, 1.82) is 0 Å². The zero-order valence-electron chi connectivity index (χ0n) is 13.0. The average molecular weight is 280 g/mol. The molecule has 1 rings (SSSR count). The topological polar surface area (TPSA) is 46.5 Å². The van der Waals surface area contributed by atoms with E-state index in [1.807, 2.05) is 19.9 Å². The number of ether oxygens (including phenoxy) is 1. The number of hydrogen-bond acceptors (Lipinski definition) is 3. The van der Waals surface area contributed by atoms with Crippen LogP contribution in [0.5, 0.6) is 0 Å². The lowest BCUT2D eigenvalue weighted by Crippen LogP contribution is -2.31. The summed E-state index contributed by atoms with van der Waals surface area (Å²) in [5.74, 6) is 0.365. The van der Waals surface area contributed by atoms with Gasteiger partial charge in [0.15, 0.2) is 0 Å². The van der Waals surface area contributed by atoms with Crippen molar-refractivity contribution in [3.8, 4) is 0 Å². The van der Waals surface area contributed by atoms with Crippen molar-refractivity contribution >= 4 is 5.78 Å². The Bertz CT molecular complexity index is 357. The first kappa shape index (κ1) is 17.1. The number of ketones is 1. The van der Waals surface area contributed by atoms with Crippen molar-refractivity contribution in [1.82, 2.24) is 0 Å². The molecule has 0 fully saturated rings. The van der Waals surface area contributed by atoms with E-state index in [4.69, 9.17) is 4.74 Å². The number of allylic oxidation sites excluding steroid dienone is 2. The summed E-state index contributed by atoms with van der Waals surface area (Å²) >= 11 is 0. The molecule has 20 heavy (non-hydrogen) atoms. The maximum absolute atomic E-state index is 11.7. The fourth-order valence-corrected chi connectivity index (χ4v) is 2.54. The molecule has 0 heterocycles. The van der Waals surface area contributed by atoms with Crippen LogP contribution in [0.25, 0.3) is 0 Å². The van der Waals surface area contributed by atoms with Gasteiger partial charge in [-0.25, -0.2) is 0 Å². The predicted octanol–water partition coefficient (Wildman–Crippen LogP) is 3.42. The van der Waals surface area contributed by atoms with Gasteiger partial charge in [-0.05, 0) is 32.6 Å². The van der Waals surface area contributed by atoms with Crippen molar-refractivity contribution in [2.75, 3.05) is 7.11 Å². The van der Waals surface area contributed by atoms with Crippen LogP contribution in [0.1, 0.15) is 52.4 Å². The van der Waals surface area contributed by atoms with E-state index >= 15 is 0 Å². The van der Waals surface area contributed by atoms with Gasteiger partial charge in [0, 0.05) is 25.9 Å². The average Bonchev–Trinajstić information content (AvgIpc) is 2.43. The maximum Gasteiger partial charge on any atom is 0.133 e. The summed E-state index contributed by atoms with van der Waals surface area (Å²) < 4.78 is 5.37. The van der Waals surface area contributed by atoms with Gasteiger partial charge in [-0.15, -0.1) is 0 Å². The third kappa shape index (κ3) is 6.02. The molecule has 0 aromatic rings. The molecule has 3 unspecified atom stereocenters. The van der Waals surface area contributed by atoms with E-state index in [1.54, 1.807) is 7.11 Å². The molecule has 0 spiro atoms. The standard InChI is InChI=1S/C17H28O3/c1-13-10-11-15(18)8-6-4-5-7-9-16(20-3)17(19)14(2)12-13/h7,9,12,14,16-17,19H,4-6,8,10-11H2,1-3H3. The van der Waals surface area contributed by atoms with Gasteiger partial charge in [0.25, 0.3) is 0 Å². The summed E-state index contributed by atoms with van der Waals surface area (Å²) in [6.45, 7) is 4.02. The van der Waals surface area contributed by atoms with Crippen LogP contribution in [0.4, 0.5) is 0 Å². The first-order valence-corrected chi connectivity index (χ1v) is 7.61. The van der Waals surface area contributed by atoms with Crippen LogP contribution in [-0.2, 0) is 9.53 Å². The Morgan fingerprint density at radius 2 is 2.00 bits per heavy atom. The molecule has 3 nitrogen and oxygen atoms in total. The van der Waals surface area contributed by atoms with Crippen LogP contribution in [0.2, 0.25) is 0 Å². The lowest BCUT2D eigenvalue weighted by molar-refractivity contribution is -0.119. The quantitative estimate of drug-likeness (QED) is 0.749. The smallest absolute Gasteiger partial charge is 0.133 e. The Balaban J connectivity index is 2.78. The Labute approximate surface area is 122 Å². The largest absolute Gasteiger partial charge is 0.389 e. The molecule has 3 atom stereocenters. The number of Topliss-reactive ketones (excluding diaryl/α,β-unsaturated/α-hetero) is 1. The molecule has 114 valence electrons. The van der Waals surface area contributed by atoms with Gasteiger partial charge >= 0.3 is 0 Å². The van der Waals surface area contributed by atoms with Crippen LogP contribution in [0, 0.1) is 5.92 Å². The third-order valence-electron chi connectivity index (χ3n) is 3.90. The predicted molar refractivity (Wildman–Crippen MR) is 81.6 cm³/mol. The van der Waals surface area contributed by atoms with Gasteiger partial charge in [-0.3, -0.25) is 4.79 Å². The lowest BCUT2D eigenvalue weighted by Gasteiger charge is -2.23. The molecule has 0 aromatic carbocycles. The van der Waals surface area contributed by atoms with E-state index in [2.05, 4.69) is 12.2 Å². The summed E-state index contributed by atoms with van der Waals surface area (Å²) in [7, 11) is 1.63. The number of aliphatic hydroxyl groups is 1. The van der Waals surface area contributed by atoms with Crippen LogP contribution in [0.15, 0.2) is 23.8 Å². The lowest BCUT2D eigenvalue weighted by atomic mass is 9.94. The summed E-state index contributed by atoms with van der Waals surface area (Å²) in [6, 6.07) is 0. The van der Waals surface area contributed by atoms with E-state index in [-0.39, 0.29) is 12.0 Å². The van der Waals surface area contributed by atoms with Gasteiger partial charge < -0.3 is 9.84 Å². The molecule has 0 saturated carbocycles. The van der Waals surface area contributed by atoms with E-state index in [0.717, 1.165) is 25.7 Å². The minimum Gasteiger partial charge on any atom is -0.389 e. The molecule has 0 aliphatic heterocycles. The molecule has 1 aliphatic carbocycles. The van der Waals surface area contributed by atoms with Crippen LogP contribution in [-0.4, -0.2) is 30.2 Å². The van der Waals surface area contributed by atoms with Crippen molar-refractivity contribution in [2.45, 2.75) is 64.6 Å². The number of aliphatic hydroxyl groups excluding tert-OH is 1. The molecule has 0 saturated heterocycles. The number of carbonyl (C=O) groups is 1. The number of rotatable bonds is 1. The molecule has 0 amide bonds. The number of hydrogen-bond donors (Lipinski definition) is 1. The van der Waals surface area contributed by atoms with Crippen LogP contribution in [0.3, 0.4) is 0 Å². The first-order valence-electron chi connectivity index (χ1n) is 7.61. The van der Waals surface area contributed by atoms with Crippen LogP contribution < -0.4 is 0 Å². The Morgan fingerprint density at radius 3 is 2.70 bits per heavy atom. The molecule has 0 radical (unpaired) electrons. The van der Waals surface area contributed by atoms with E-state index in [1.165, 1.54) is 5.57 Å². The molecular weight excluding hydrogens is 252 g/mol. The van der Waals surface area contributed by atoms with Gasteiger partial charge in [0.1, 0.15) is 11.9 Å². The SMILES string of the molecule is COC1C=CCCCCC(=O)CCC(C)=CC(C)C1O. The van der Waals surface area contributed by atoms with Gasteiger partial charge in [0.2, 0.25) is 0 Å². The highest BCUT2D eigenvalue weighted by molar-refractivity contribution is 5.78. The van der Waals surface area contributed by atoms with Crippen molar-refractivity contribution < 1.29 is 14.6 Å². The third-order valence-corrected chi connectivity index (χ3v) is 3.90. The fraction of sp³-hybridized carbons (Fsp3) is 0.706. The highest BCUT2D eigenvalue weighted by Crippen LogP contribution is 2.18. The van der Waals surface area contributed by atoms with Crippen molar-refractivity contribution in [2.24, 2.45) is 5.92 Å². The Kier molecular flexibility index (Phi) is 7.78. The Hall–Kier alpha value is -0.930. The minimum absolute atomic E-state index is 0.0163. The second-order valence-corrected chi connectivity index (χ2v) is 5.78. The van der Waals surface area contributed by atoms with Gasteiger partial charge in [-0.2, -0.15) is 0 Å². The van der Waals surface area contributed by atoms with Gasteiger partial charge in [-0.1, -0.05) is 30.7 Å². The summed E-state index contributed by atoms with van der Waals surface area (Å²) in [4.78, 5) is 11.7. The van der Waals surface area contributed by atoms with Crippen molar-refractivity contribution in [3.05, 3.63) is 23.8 Å². The van der Waals surface area contributed by atoms with E-state index in [9.17, 15) is 9.90 Å². The summed E-state index contributed by atoms with van der Waals surface area (Å²) in [5.41, 5.74) is 1.17.